The fourth-order valence-corrected chi connectivity index (χ4v) is 7.75. The summed E-state index contributed by atoms with van der Waals surface area (Å²) in [5.41, 5.74) is 2.45. The molecule has 1 heterocycles. The van der Waals surface area contributed by atoms with Crippen LogP contribution in [0.4, 0.5) is 0 Å². The molecule has 4 aliphatic carbocycles. The van der Waals surface area contributed by atoms with Crippen molar-refractivity contribution in [3.05, 3.63) is 11.6 Å². The first kappa shape index (κ1) is 14.5. The second kappa shape index (κ2) is 4.43. The number of hydrogen-bond acceptors (Lipinski definition) is 2. The van der Waals surface area contributed by atoms with Crippen LogP contribution in [0, 0.1) is 28.6 Å². The van der Waals surface area contributed by atoms with Crippen LogP contribution >= 0.6 is 0 Å². The SMILES string of the molecule is C[C@]12CCCC=C1CC[C@@H]1[C@@H]2CC[C@@]2(C)[C@H]1CC[C@]21CC(=O)O1. The molecule has 1 spiro atoms. The third-order valence-corrected chi connectivity index (χ3v) is 9.06. The Bertz CT molecular complexity index is 583. The number of fused-ring (bicyclic) bond motifs is 6. The number of hydrogen-bond donors (Lipinski definition) is 0. The van der Waals surface area contributed by atoms with Crippen LogP contribution in [-0.4, -0.2) is 11.6 Å². The smallest absolute Gasteiger partial charge is 0.310 e. The fraction of sp³-hybridized carbons (Fsp3) is 0.857. The van der Waals surface area contributed by atoms with Gasteiger partial charge in [-0.3, -0.25) is 4.79 Å². The molecule has 0 bridgehead atoms. The summed E-state index contributed by atoms with van der Waals surface area (Å²) in [6.07, 6.45) is 15.1. The lowest BCUT2D eigenvalue weighted by molar-refractivity contribution is -0.224. The zero-order valence-electron chi connectivity index (χ0n) is 14.7. The minimum absolute atomic E-state index is 0.0436. The topological polar surface area (TPSA) is 26.3 Å². The van der Waals surface area contributed by atoms with Gasteiger partial charge in [-0.25, -0.2) is 0 Å². The second-order valence-electron chi connectivity index (χ2n) is 9.59. The molecule has 6 atom stereocenters. The van der Waals surface area contributed by atoms with E-state index in [9.17, 15) is 4.79 Å². The first-order chi connectivity index (χ1) is 11.0. The molecule has 23 heavy (non-hydrogen) atoms. The predicted octanol–water partition coefficient (Wildman–Crippen LogP) is 5.03. The molecule has 3 saturated carbocycles. The van der Waals surface area contributed by atoms with Crippen molar-refractivity contribution in [2.45, 2.75) is 83.7 Å². The number of ether oxygens (including phenoxy) is 1. The molecule has 126 valence electrons. The summed E-state index contributed by atoms with van der Waals surface area (Å²) < 4.78 is 5.82. The van der Waals surface area contributed by atoms with Crippen LogP contribution in [0.1, 0.15) is 78.1 Å². The third kappa shape index (κ3) is 1.63. The lowest BCUT2D eigenvalue weighted by Crippen LogP contribution is -2.60. The van der Waals surface area contributed by atoms with Crippen LogP contribution in [0.3, 0.4) is 0 Å². The molecule has 0 aromatic rings. The Morgan fingerprint density at radius 3 is 2.65 bits per heavy atom. The molecule has 0 N–H and O–H groups in total. The van der Waals surface area contributed by atoms with E-state index in [1.807, 2.05) is 0 Å². The highest BCUT2D eigenvalue weighted by molar-refractivity contribution is 5.77. The Kier molecular flexibility index (Phi) is 2.80. The van der Waals surface area contributed by atoms with Crippen molar-refractivity contribution in [2.75, 3.05) is 0 Å². The quantitative estimate of drug-likeness (QED) is 0.463. The Morgan fingerprint density at radius 2 is 1.87 bits per heavy atom. The van der Waals surface area contributed by atoms with Crippen LogP contribution in [0.5, 0.6) is 0 Å². The minimum Gasteiger partial charge on any atom is -0.458 e. The molecule has 0 radical (unpaired) electrons. The van der Waals surface area contributed by atoms with Crippen molar-refractivity contribution >= 4 is 5.97 Å². The molecule has 1 aliphatic heterocycles. The summed E-state index contributed by atoms with van der Waals surface area (Å²) in [4.78, 5) is 11.6. The molecular weight excluding hydrogens is 284 g/mol. The zero-order valence-corrected chi connectivity index (χ0v) is 14.7. The van der Waals surface area contributed by atoms with Crippen LogP contribution in [0.15, 0.2) is 11.6 Å². The van der Waals surface area contributed by atoms with E-state index in [-0.39, 0.29) is 17.0 Å². The maximum absolute atomic E-state index is 11.6. The van der Waals surface area contributed by atoms with E-state index in [0.29, 0.717) is 11.8 Å². The van der Waals surface area contributed by atoms with Crippen LogP contribution in [0.25, 0.3) is 0 Å². The summed E-state index contributed by atoms with van der Waals surface area (Å²) in [6, 6.07) is 0. The van der Waals surface area contributed by atoms with Crippen molar-refractivity contribution in [3.8, 4) is 0 Å². The number of esters is 1. The Hall–Kier alpha value is -0.790. The summed E-state index contributed by atoms with van der Waals surface area (Å²) in [7, 11) is 0. The van der Waals surface area contributed by atoms with Gasteiger partial charge in [-0.2, -0.15) is 0 Å². The molecule has 0 amide bonds. The van der Waals surface area contributed by atoms with Crippen molar-refractivity contribution in [3.63, 3.8) is 0 Å². The van der Waals surface area contributed by atoms with Gasteiger partial charge in [0.1, 0.15) is 5.60 Å². The summed E-state index contributed by atoms with van der Waals surface area (Å²) in [5, 5.41) is 0. The molecule has 2 nitrogen and oxygen atoms in total. The minimum atomic E-state index is -0.0801. The molecule has 0 aromatic heterocycles. The molecule has 4 fully saturated rings. The van der Waals surface area contributed by atoms with Gasteiger partial charge in [0.25, 0.3) is 0 Å². The lowest BCUT2D eigenvalue weighted by Gasteiger charge is -2.60. The number of allylic oxidation sites excluding steroid dienone is 2. The van der Waals surface area contributed by atoms with Gasteiger partial charge < -0.3 is 4.74 Å². The molecule has 5 aliphatic rings. The highest BCUT2D eigenvalue weighted by Gasteiger charge is 2.69. The average Bonchev–Trinajstić information content (AvgIpc) is 2.80. The monoisotopic (exact) mass is 314 g/mol. The summed E-state index contributed by atoms with van der Waals surface area (Å²) in [6.45, 7) is 5.04. The van der Waals surface area contributed by atoms with Crippen LogP contribution in [0.2, 0.25) is 0 Å². The van der Waals surface area contributed by atoms with Crippen LogP contribution in [-0.2, 0) is 9.53 Å². The van der Waals surface area contributed by atoms with Gasteiger partial charge in [0, 0.05) is 5.41 Å². The van der Waals surface area contributed by atoms with Crippen molar-refractivity contribution in [2.24, 2.45) is 28.6 Å². The maximum atomic E-state index is 11.6. The summed E-state index contributed by atoms with van der Waals surface area (Å²) >= 11 is 0. The molecular formula is C21H30O2. The number of carbonyl (C=O) groups is 1. The van der Waals surface area contributed by atoms with Crippen molar-refractivity contribution in [1.82, 2.24) is 0 Å². The highest BCUT2D eigenvalue weighted by Crippen LogP contribution is 2.70. The fourth-order valence-electron chi connectivity index (χ4n) is 7.75. The van der Waals surface area contributed by atoms with E-state index >= 15 is 0 Å². The highest BCUT2D eigenvalue weighted by atomic mass is 16.6. The van der Waals surface area contributed by atoms with Crippen molar-refractivity contribution < 1.29 is 9.53 Å². The number of carbonyl (C=O) groups excluding carboxylic acids is 1. The predicted molar refractivity (Wildman–Crippen MR) is 89.8 cm³/mol. The second-order valence-corrected chi connectivity index (χ2v) is 9.59. The van der Waals surface area contributed by atoms with Gasteiger partial charge >= 0.3 is 5.97 Å². The van der Waals surface area contributed by atoms with Gasteiger partial charge in [-0.1, -0.05) is 25.5 Å². The zero-order chi connectivity index (χ0) is 15.9. The lowest BCUT2D eigenvalue weighted by atomic mass is 9.46. The largest absolute Gasteiger partial charge is 0.458 e. The van der Waals surface area contributed by atoms with Gasteiger partial charge in [-0.05, 0) is 81.0 Å². The first-order valence-electron chi connectivity index (χ1n) is 9.90. The first-order valence-corrected chi connectivity index (χ1v) is 9.90. The Balaban J connectivity index is 1.49. The van der Waals surface area contributed by atoms with Gasteiger partial charge in [0.15, 0.2) is 0 Å². The van der Waals surface area contributed by atoms with Crippen LogP contribution < -0.4 is 0 Å². The molecule has 5 rings (SSSR count). The molecule has 1 saturated heterocycles. The van der Waals surface area contributed by atoms with Crippen molar-refractivity contribution in [1.29, 1.82) is 0 Å². The molecule has 2 heteroatoms. The maximum Gasteiger partial charge on any atom is 0.310 e. The van der Waals surface area contributed by atoms with E-state index in [0.717, 1.165) is 24.2 Å². The van der Waals surface area contributed by atoms with Gasteiger partial charge in [0.2, 0.25) is 0 Å². The molecule has 0 unspecified atom stereocenters. The van der Waals surface area contributed by atoms with E-state index in [4.69, 9.17) is 4.74 Å². The average molecular weight is 314 g/mol. The number of rotatable bonds is 0. The third-order valence-electron chi connectivity index (χ3n) is 9.06. The Morgan fingerprint density at radius 1 is 1.09 bits per heavy atom. The molecule has 0 aromatic carbocycles. The normalized spacial score (nSPS) is 54.4. The van der Waals surface area contributed by atoms with E-state index in [2.05, 4.69) is 19.9 Å². The van der Waals surface area contributed by atoms with E-state index < -0.39 is 0 Å². The van der Waals surface area contributed by atoms with E-state index in [1.165, 1.54) is 51.4 Å². The Labute approximate surface area is 140 Å². The van der Waals surface area contributed by atoms with Gasteiger partial charge in [-0.15, -0.1) is 0 Å². The standard InChI is InChI=1S/C21H30O2/c1-19-10-4-3-5-14(19)6-7-15-16(19)8-11-20(2)17(15)9-12-21(20)13-18(22)23-21/h5,15-17H,3-4,6-13H2,1-2H3/t15-,16+,17+,19+,20+,21+/m1/s1. The van der Waals surface area contributed by atoms with E-state index in [1.54, 1.807) is 5.57 Å². The summed E-state index contributed by atoms with van der Waals surface area (Å²) in [5.74, 6) is 2.58. The van der Waals surface area contributed by atoms with Gasteiger partial charge in [0.05, 0.1) is 6.42 Å².